The maximum Gasteiger partial charge on any atom is 0.255 e. The molecule has 0 saturated carbocycles. The summed E-state index contributed by atoms with van der Waals surface area (Å²) in [5, 5.41) is 12.1. The van der Waals surface area contributed by atoms with Gasteiger partial charge in [-0.1, -0.05) is 0 Å². The van der Waals surface area contributed by atoms with Crippen LogP contribution in [0.25, 0.3) is 0 Å². The Bertz CT molecular complexity index is 1200. The van der Waals surface area contributed by atoms with Crippen molar-refractivity contribution in [3.63, 3.8) is 0 Å². The highest BCUT2D eigenvalue weighted by molar-refractivity contribution is 7.89. The lowest BCUT2D eigenvalue weighted by Crippen LogP contribution is -2.48. The molecule has 0 aliphatic carbocycles. The highest BCUT2D eigenvalue weighted by atomic mass is 32.2. The summed E-state index contributed by atoms with van der Waals surface area (Å²) in [7, 11) is -2.02. The van der Waals surface area contributed by atoms with E-state index in [2.05, 4.69) is 10.2 Å². The van der Waals surface area contributed by atoms with Gasteiger partial charge in [-0.25, -0.2) is 8.42 Å². The minimum Gasteiger partial charge on any atom is -0.508 e. The van der Waals surface area contributed by atoms with E-state index in [0.717, 1.165) is 5.69 Å². The Labute approximate surface area is 193 Å². The first kappa shape index (κ1) is 22.6. The van der Waals surface area contributed by atoms with Crippen molar-refractivity contribution in [1.82, 2.24) is 4.31 Å². The molecule has 2 N–H and O–H groups in total. The molecule has 33 heavy (non-hydrogen) atoms. The molecule has 1 heterocycles. The molecule has 0 aromatic heterocycles. The van der Waals surface area contributed by atoms with Crippen LogP contribution in [0.1, 0.15) is 10.4 Å². The van der Waals surface area contributed by atoms with Crippen molar-refractivity contribution in [2.24, 2.45) is 0 Å². The molecule has 0 radical (unpaired) electrons. The number of carbonyl (C=O) groups is 1. The number of anilines is 2. The number of phenolic OH excluding ortho intramolecular Hbond substituents is 1. The van der Waals surface area contributed by atoms with E-state index in [9.17, 15) is 18.3 Å². The van der Waals surface area contributed by atoms with Crippen LogP contribution in [0.15, 0.2) is 77.7 Å². The molecule has 1 saturated heterocycles. The topological polar surface area (TPSA) is 99.2 Å². The Balaban J connectivity index is 1.36. The molecule has 1 amide bonds. The summed E-state index contributed by atoms with van der Waals surface area (Å²) in [4.78, 5) is 14.8. The lowest BCUT2D eigenvalue weighted by Gasteiger charge is -2.35. The second-order valence-electron chi connectivity index (χ2n) is 7.61. The third-order valence-corrected chi connectivity index (χ3v) is 7.47. The molecule has 8 nitrogen and oxygen atoms in total. The van der Waals surface area contributed by atoms with Crippen LogP contribution in [0.3, 0.4) is 0 Å². The van der Waals surface area contributed by atoms with Crippen molar-refractivity contribution in [2.75, 3.05) is 43.5 Å². The number of piperazine rings is 1. The van der Waals surface area contributed by atoms with E-state index in [1.54, 1.807) is 48.5 Å². The molecule has 1 aliphatic rings. The number of ether oxygens (including phenoxy) is 1. The Morgan fingerprint density at radius 2 is 1.48 bits per heavy atom. The van der Waals surface area contributed by atoms with Crippen LogP contribution >= 0.6 is 0 Å². The molecule has 0 spiro atoms. The molecule has 172 valence electrons. The maximum atomic E-state index is 12.9. The van der Waals surface area contributed by atoms with E-state index in [-0.39, 0.29) is 16.6 Å². The van der Waals surface area contributed by atoms with Crippen LogP contribution in [0.5, 0.6) is 11.5 Å². The summed E-state index contributed by atoms with van der Waals surface area (Å²) in [6.45, 7) is 1.85. The number of sulfonamides is 1. The molecule has 4 rings (SSSR count). The second-order valence-corrected chi connectivity index (χ2v) is 9.55. The molecule has 1 fully saturated rings. The summed E-state index contributed by atoms with van der Waals surface area (Å²) in [5.74, 6) is 0.496. The number of carbonyl (C=O) groups excluding carboxylic acids is 1. The summed E-state index contributed by atoms with van der Waals surface area (Å²) in [5.41, 5.74) is 2.03. The molecule has 3 aromatic rings. The molecular formula is C24H25N3O5S. The van der Waals surface area contributed by atoms with Crippen LogP contribution in [-0.2, 0) is 10.0 Å². The number of hydrogen-bond donors (Lipinski definition) is 2. The SMILES string of the molecule is COc1ccc(S(=O)(=O)N2CCN(c3ccc(C(=O)Nc4ccc(O)cc4)cc3)CC2)cc1. The maximum absolute atomic E-state index is 12.9. The van der Waals surface area contributed by atoms with Gasteiger partial charge in [-0.15, -0.1) is 0 Å². The fraction of sp³-hybridized carbons (Fsp3) is 0.208. The number of nitrogens with one attached hydrogen (secondary N) is 1. The standard InChI is InChI=1S/C24H25N3O5S/c1-32-22-10-12-23(13-11-22)33(30,31)27-16-14-26(15-17-27)20-6-2-18(3-7-20)24(29)25-19-4-8-21(28)9-5-19/h2-13,28H,14-17H2,1H3,(H,25,29). The van der Waals surface area contributed by atoms with E-state index in [0.29, 0.717) is 43.2 Å². The molecule has 0 atom stereocenters. The summed E-state index contributed by atoms with van der Waals surface area (Å²) in [6.07, 6.45) is 0. The van der Waals surface area contributed by atoms with Crippen LogP contribution in [0, 0.1) is 0 Å². The van der Waals surface area contributed by atoms with Gasteiger partial charge in [0, 0.05) is 43.1 Å². The van der Waals surface area contributed by atoms with Crippen molar-refractivity contribution in [2.45, 2.75) is 4.90 Å². The number of phenols is 1. The van der Waals surface area contributed by atoms with E-state index < -0.39 is 10.0 Å². The zero-order valence-corrected chi connectivity index (χ0v) is 19.0. The average Bonchev–Trinajstić information content (AvgIpc) is 2.85. The van der Waals surface area contributed by atoms with Gasteiger partial charge in [0.25, 0.3) is 5.91 Å². The van der Waals surface area contributed by atoms with Gasteiger partial charge in [-0.3, -0.25) is 4.79 Å². The number of benzene rings is 3. The summed E-state index contributed by atoms with van der Waals surface area (Å²) in [6, 6.07) is 19.9. The van der Waals surface area contributed by atoms with Crippen LogP contribution in [0.2, 0.25) is 0 Å². The predicted molar refractivity (Wildman–Crippen MR) is 126 cm³/mol. The Morgan fingerprint density at radius 3 is 2.06 bits per heavy atom. The Kier molecular flexibility index (Phi) is 6.52. The summed E-state index contributed by atoms with van der Waals surface area (Å²) < 4.78 is 32.4. The third kappa shape index (κ3) is 5.10. The summed E-state index contributed by atoms with van der Waals surface area (Å²) >= 11 is 0. The van der Waals surface area contributed by atoms with Gasteiger partial charge in [-0.2, -0.15) is 4.31 Å². The van der Waals surface area contributed by atoms with Gasteiger partial charge in [0.1, 0.15) is 11.5 Å². The first-order chi connectivity index (χ1) is 15.9. The van der Waals surface area contributed by atoms with Crippen LogP contribution in [0.4, 0.5) is 11.4 Å². The second kappa shape index (κ2) is 9.51. The van der Waals surface area contributed by atoms with E-state index >= 15 is 0 Å². The zero-order chi connectivity index (χ0) is 23.4. The fourth-order valence-electron chi connectivity index (χ4n) is 3.66. The van der Waals surface area contributed by atoms with Gasteiger partial charge < -0.3 is 20.1 Å². The van der Waals surface area contributed by atoms with Crippen LogP contribution < -0.4 is 15.0 Å². The highest BCUT2D eigenvalue weighted by Crippen LogP contribution is 2.23. The lowest BCUT2D eigenvalue weighted by atomic mass is 10.1. The lowest BCUT2D eigenvalue weighted by molar-refractivity contribution is 0.102. The molecule has 3 aromatic carbocycles. The zero-order valence-electron chi connectivity index (χ0n) is 18.1. The van der Waals surface area contributed by atoms with Gasteiger partial charge in [0.15, 0.2) is 0 Å². The van der Waals surface area contributed by atoms with Crippen molar-refractivity contribution >= 4 is 27.3 Å². The number of aromatic hydroxyl groups is 1. The third-order valence-electron chi connectivity index (χ3n) is 5.56. The quantitative estimate of drug-likeness (QED) is 0.541. The monoisotopic (exact) mass is 467 g/mol. The van der Waals surface area contributed by atoms with Crippen molar-refractivity contribution < 1.29 is 23.1 Å². The number of methoxy groups -OCH3 is 1. The highest BCUT2D eigenvalue weighted by Gasteiger charge is 2.28. The fourth-order valence-corrected chi connectivity index (χ4v) is 5.08. The Morgan fingerprint density at radius 1 is 0.879 bits per heavy atom. The van der Waals surface area contributed by atoms with Crippen LogP contribution in [-0.4, -0.2) is 57.0 Å². The smallest absolute Gasteiger partial charge is 0.255 e. The van der Waals surface area contributed by atoms with E-state index in [1.807, 2.05) is 12.1 Å². The largest absolute Gasteiger partial charge is 0.508 e. The normalized spacial score (nSPS) is 14.6. The van der Waals surface area contributed by atoms with Gasteiger partial charge >= 0.3 is 0 Å². The van der Waals surface area contributed by atoms with E-state index in [1.165, 1.54) is 23.5 Å². The minimum absolute atomic E-state index is 0.134. The number of amides is 1. The molecule has 9 heteroatoms. The number of hydrogen-bond acceptors (Lipinski definition) is 6. The molecule has 0 bridgehead atoms. The minimum atomic E-state index is -3.56. The first-order valence-electron chi connectivity index (χ1n) is 10.5. The number of nitrogens with zero attached hydrogens (tertiary/aromatic N) is 2. The van der Waals surface area contributed by atoms with Crippen molar-refractivity contribution in [1.29, 1.82) is 0 Å². The first-order valence-corrected chi connectivity index (χ1v) is 11.9. The molecular weight excluding hydrogens is 442 g/mol. The van der Waals surface area contributed by atoms with E-state index in [4.69, 9.17) is 4.74 Å². The van der Waals surface area contributed by atoms with Crippen molar-refractivity contribution in [3.8, 4) is 11.5 Å². The molecule has 1 aliphatic heterocycles. The average molecular weight is 468 g/mol. The van der Waals surface area contributed by atoms with Gasteiger partial charge in [-0.05, 0) is 72.8 Å². The predicted octanol–water partition coefficient (Wildman–Crippen LogP) is 3.16. The van der Waals surface area contributed by atoms with Crippen molar-refractivity contribution in [3.05, 3.63) is 78.4 Å². The number of rotatable bonds is 6. The molecule has 0 unspecified atom stereocenters. The van der Waals surface area contributed by atoms with Gasteiger partial charge in [0.2, 0.25) is 10.0 Å². The van der Waals surface area contributed by atoms with Gasteiger partial charge in [0.05, 0.1) is 12.0 Å². The Hall–Kier alpha value is -3.56.